The molecular weight excluding hydrogens is 286 g/mol. The molecule has 0 aromatic heterocycles. The molecule has 0 amide bonds. The number of nitrogens with zero attached hydrogens (tertiary/aromatic N) is 1. The van der Waals surface area contributed by atoms with Gasteiger partial charge in [-0.1, -0.05) is 17.7 Å². The van der Waals surface area contributed by atoms with Gasteiger partial charge in [0.1, 0.15) is 0 Å². The van der Waals surface area contributed by atoms with Gasteiger partial charge in [-0.3, -0.25) is 4.99 Å². The van der Waals surface area contributed by atoms with Crippen molar-refractivity contribution in [3.63, 3.8) is 0 Å². The normalized spacial score (nSPS) is 10.9. The molecule has 0 aliphatic heterocycles. The highest BCUT2D eigenvalue weighted by Gasteiger charge is 2.04. The van der Waals surface area contributed by atoms with E-state index in [1.807, 2.05) is 50.2 Å². The van der Waals surface area contributed by atoms with Gasteiger partial charge < -0.3 is 9.47 Å². The van der Waals surface area contributed by atoms with Crippen LogP contribution in [-0.2, 0) is 0 Å². The fraction of sp³-hybridized carbons (Fsp3) is 0.235. The first-order chi connectivity index (χ1) is 10.1. The molecule has 2 aromatic carbocycles. The Morgan fingerprint density at radius 1 is 1.14 bits per heavy atom. The SMILES string of the molecule is CCOc1cc(C=Nc2ccc(C)c(Cl)c2)ccc1OC. The summed E-state index contributed by atoms with van der Waals surface area (Å²) in [6.07, 6.45) is 1.78. The second-order valence-corrected chi connectivity index (χ2v) is 4.94. The Balaban J connectivity index is 2.23. The van der Waals surface area contributed by atoms with Crippen LogP contribution >= 0.6 is 11.6 Å². The van der Waals surface area contributed by atoms with Gasteiger partial charge in [0, 0.05) is 11.2 Å². The Bertz CT molecular complexity index is 653. The number of ether oxygens (including phenoxy) is 2. The van der Waals surface area contributed by atoms with E-state index < -0.39 is 0 Å². The molecule has 0 fully saturated rings. The van der Waals surface area contributed by atoms with E-state index >= 15 is 0 Å². The minimum atomic E-state index is 0.588. The maximum absolute atomic E-state index is 6.09. The van der Waals surface area contributed by atoms with Crippen molar-refractivity contribution in [2.45, 2.75) is 13.8 Å². The quantitative estimate of drug-likeness (QED) is 0.742. The highest BCUT2D eigenvalue weighted by atomic mass is 35.5. The van der Waals surface area contributed by atoms with Crippen LogP contribution in [0.1, 0.15) is 18.1 Å². The fourth-order valence-corrected chi connectivity index (χ4v) is 2.03. The predicted octanol–water partition coefficient (Wildman–Crippen LogP) is 4.81. The van der Waals surface area contributed by atoms with Crippen molar-refractivity contribution in [3.8, 4) is 11.5 Å². The summed E-state index contributed by atoms with van der Waals surface area (Å²) in [5.74, 6) is 1.43. The molecular formula is C17H18ClNO2. The highest BCUT2D eigenvalue weighted by molar-refractivity contribution is 6.31. The molecule has 2 aromatic rings. The minimum Gasteiger partial charge on any atom is -0.493 e. The predicted molar refractivity (Wildman–Crippen MR) is 87.6 cm³/mol. The zero-order valence-electron chi connectivity index (χ0n) is 12.4. The first-order valence-electron chi connectivity index (χ1n) is 6.75. The summed E-state index contributed by atoms with van der Waals surface area (Å²) in [4.78, 5) is 4.43. The average molecular weight is 304 g/mol. The lowest BCUT2D eigenvalue weighted by molar-refractivity contribution is 0.311. The van der Waals surface area contributed by atoms with Crippen LogP contribution in [0.2, 0.25) is 5.02 Å². The highest BCUT2D eigenvalue weighted by Crippen LogP contribution is 2.28. The number of benzene rings is 2. The van der Waals surface area contributed by atoms with Crippen LogP contribution in [0.3, 0.4) is 0 Å². The summed E-state index contributed by atoms with van der Waals surface area (Å²) in [6, 6.07) is 11.4. The number of hydrogen-bond acceptors (Lipinski definition) is 3. The van der Waals surface area contributed by atoms with E-state index in [9.17, 15) is 0 Å². The third kappa shape index (κ3) is 3.99. The Hall–Kier alpha value is -2.00. The number of aliphatic imine (C=N–C) groups is 1. The summed E-state index contributed by atoms with van der Waals surface area (Å²) in [7, 11) is 1.62. The van der Waals surface area contributed by atoms with Gasteiger partial charge >= 0.3 is 0 Å². The van der Waals surface area contributed by atoms with Gasteiger partial charge in [0.25, 0.3) is 0 Å². The topological polar surface area (TPSA) is 30.8 Å². The number of aryl methyl sites for hydroxylation is 1. The van der Waals surface area contributed by atoms with E-state index in [4.69, 9.17) is 21.1 Å². The van der Waals surface area contributed by atoms with Gasteiger partial charge in [-0.25, -0.2) is 0 Å². The summed E-state index contributed by atoms with van der Waals surface area (Å²) >= 11 is 6.09. The molecule has 4 heteroatoms. The number of halogens is 1. The Kier molecular flexibility index (Phi) is 5.23. The molecule has 21 heavy (non-hydrogen) atoms. The van der Waals surface area contributed by atoms with Crippen LogP contribution in [0.25, 0.3) is 0 Å². The fourth-order valence-electron chi connectivity index (χ4n) is 1.85. The zero-order chi connectivity index (χ0) is 15.2. The van der Waals surface area contributed by atoms with E-state index in [2.05, 4.69) is 4.99 Å². The van der Waals surface area contributed by atoms with Gasteiger partial charge in [0.2, 0.25) is 0 Å². The molecule has 0 saturated heterocycles. The lowest BCUT2D eigenvalue weighted by atomic mass is 10.2. The van der Waals surface area contributed by atoms with Crippen molar-refractivity contribution in [1.82, 2.24) is 0 Å². The molecule has 0 heterocycles. The molecule has 0 N–H and O–H groups in total. The molecule has 0 saturated carbocycles. The van der Waals surface area contributed by atoms with Gasteiger partial charge in [-0.05, 0) is 55.3 Å². The Morgan fingerprint density at radius 3 is 2.62 bits per heavy atom. The Morgan fingerprint density at radius 2 is 1.95 bits per heavy atom. The van der Waals surface area contributed by atoms with Crippen LogP contribution in [0, 0.1) is 6.92 Å². The van der Waals surface area contributed by atoms with Gasteiger partial charge in [0.05, 0.1) is 19.4 Å². The average Bonchev–Trinajstić information content (AvgIpc) is 2.49. The molecule has 0 bridgehead atoms. The van der Waals surface area contributed by atoms with Crippen molar-refractivity contribution in [3.05, 3.63) is 52.5 Å². The zero-order valence-corrected chi connectivity index (χ0v) is 13.1. The standard InChI is InChI=1S/C17H18ClNO2/c1-4-21-17-9-13(6-8-16(17)20-3)11-19-14-7-5-12(2)15(18)10-14/h5-11H,4H2,1-3H3. The molecule has 0 aliphatic carbocycles. The van der Waals surface area contributed by atoms with E-state index in [1.165, 1.54) is 0 Å². The van der Waals surface area contributed by atoms with Crippen molar-refractivity contribution >= 4 is 23.5 Å². The van der Waals surface area contributed by atoms with Gasteiger partial charge in [0.15, 0.2) is 11.5 Å². The van der Waals surface area contributed by atoms with Crippen molar-refractivity contribution < 1.29 is 9.47 Å². The number of hydrogen-bond donors (Lipinski definition) is 0. The maximum atomic E-state index is 6.09. The van der Waals surface area contributed by atoms with E-state index in [0.717, 1.165) is 21.8 Å². The van der Waals surface area contributed by atoms with Crippen LogP contribution in [0.4, 0.5) is 5.69 Å². The lowest BCUT2D eigenvalue weighted by Gasteiger charge is -2.09. The minimum absolute atomic E-state index is 0.588. The van der Waals surface area contributed by atoms with Gasteiger partial charge in [-0.2, -0.15) is 0 Å². The van der Waals surface area contributed by atoms with Crippen molar-refractivity contribution in [2.75, 3.05) is 13.7 Å². The number of methoxy groups -OCH3 is 1. The van der Waals surface area contributed by atoms with Gasteiger partial charge in [-0.15, -0.1) is 0 Å². The van der Waals surface area contributed by atoms with E-state index in [1.54, 1.807) is 13.3 Å². The lowest BCUT2D eigenvalue weighted by Crippen LogP contribution is -1.96. The molecule has 2 rings (SSSR count). The van der Waals surface area contributed by atoms with Crippen LogP contribution in [0.5, 0.6) is 11.5 Å². The second kappa shape index (κ2) is 7.14. The van der Waals surface area contributed by atoms with Crippen LogP contribution in [-0.4, -0.2) is 19.9 Å². The van der Waals surface area contributed by atoms with E-state index in [0.29, 0.717) is 18.1 Å². The second-order valence-electron chi connectivity index (χ2n) is 4.53. The number of rotatable bonds is 5. The van der Waals surface area contributed by atoms with Crippen LogP contribution < -0.4 is 9.47 Å². The van der Waals surface area contributed by atoms with E-state index in [-0.39, 0.29) is 0 Å². The largest absolute Gasteiger partial charge is 0.493 e. The maximum Gasteiger partial charge on any atom is 0.161 e. The van der Waals surface area contributed by atoms with Crippen molar-refractivity contribution in [2.24, 2.45) is 4.99 Å². The molecule has 0 spiro atoms. The summed E-state index contributed by atoms with van der Waals surface area (Å²) in [6.45, 7) is 4.49. The van der Waals surface area contributed by atoms with Crippen LogP contribution in [0.15, 0.2) is 41.4 Å². The Labute approximate surface area is 130 Å². The molecule has 3 nitrogen and oxygen atoms in total. The third-order valence-corrected chi connectivity index (χ3v) is 3.41. The smallest absolute Gasteiger partial charge is 0.161 e. The molecule has 0 radical (unpaired) electrons. The first kappa shape index (κ1) is 15.4. The first-order valence-corrected chi connectivity index (χ1v) is 7.13. The molecule has 110 valence electrons. The summed E-state index contributed by atoms with van der Waals surface area (Å²) in [5, 5.41) is 0.717. The van der Waals surface area contributed by atoms with Crippen molar-refractivity contribution in [1.29, 1.82) is 0 Å². The summed E-state index contributed by atoms with van der Waals surface area (Å²) in [5.41, 5.74) is 2.80. The molecule has 0 aliphatic rings. The third-order valence-electron chi connectivity index (χ3n) is 3.01. The molecule has 0 atom stereocenters. The monoisotopic (exact) mass is 303 g/mol. The molecule has 0 unspecified atom stereocenters. The summed E-state index contributed by atoms with van der Waals surface area (Å²) < 4.78 is 10.8.